The van der Waals surface area contributed by atoms with Crippen LogP contribution in [0.2, 0.25) is 0 Å². The quantitative estimate of drug-likeness (QED) is 0.172. The lowest BCUT2D eigenvalue weighted by atomic mass is 9.62. The molecule has 426 valence electrons. The molecule has 0 fully saturated rings. The Balaban J connectivity index is 0.000000299. The number of para-hydroxylation sites is 6. The zero-order valence-corrected chi connectivity index (χ0v) is 53.2. The average Bonchev–Trinajstić information content (AvgIpc) is 4.14. The number of hydrogen-bond acceptors (Lipinski definition) is 3. The number of aryl methyl sites for hydroxylation is 2. The maximum absolute atomic E-state index is 4.38. The van der Waals surface area contributed by atoms with Crippen molar-refractivity contribution in [2.75, 3.05) is 23.9 Å². The van der Waals surface area contributed by atoms with Crippen LogP contribution in [-0.4, -0.2) is 23.6 Å². The van der Waals surface area contributed by atoms with Gasteiger partial charge in [0.1, 0.15) is 5.82 Å². The van der Waals surface area contributed by atoms with Crippen LogP contribution in [0, 0.1) is 6.92 Å². The van der Waals surface area contributed by atoms with Crippen LogP contribution in [0.4, 0.5) is 22.7 Å². The van der Waals surface area contributed by atoms with Gasteiger partial charge in [-0.15, -0.1) is 0 Å². The van der Waals surface area contributed by atoms with E-state index < -0.39 is 0 Å². The molecule has 1 aromatic heterocycles. The van der Waals surface area contributed by atoms with E-state index in [-0.39, 0.29) is 10.8 Å². The van der Waals surface area contributed by atoms with Crippen LogP contribution < -0.4 is 9.80 Å². The van der Waals surface area contributed by atoms with E-state index in [4.69, 9.17) is 0 Å². The molecule has 1 spiro atoms. The van der Waals surface area contributed by atoms with E-state index in [1.807, 2.05) is 143 Å². The van der Waals surface area contributed by atoms with Gasteiger partial charge in [-0.2, -0.15) is 0 Å². The minimum atomic E-state index is -0.331. The summed E-state index contributed by atoms with van der Waals surface area (Å²) < 4.78 is 2.09. The Kier molecular flexibility index (Phi) is 28.5. The number of anilines is 4. The van der Waals surface area contributed by atoms with Gasteiger partial charge >= 0.3 is 0 Å². The van der Waals surface area contributed by atoms with Crippen molar-refractivity contribution in [1.82, 2.24) is 9.55 Å². The summed E-state index contributed by atoms with van der Waals surface area (Å²) in [6.45, 7) is 34.0. The molecule has 0 unspecified atom stereocenters. The smallest absolute Gasteiger partial charge is 0.106 e. The van der Waals surface area contributed by atoms with E-state index in [2.05, 4.69) is 246 Å². The molecule has 1 aliphatic carbocycles. The molecular weight excluding hydrogens is 981 g/mol. The number of fused-ring (bicyclic) bond motifs is 12. The Morgan fingerprint density at radius 1 is 0.272 bits per heavy atom. The van der Waals surface area contributed by atoms with Crippen molar-refractivity contribution in [2.24, 2.45) is 7.05 Å². The lowest BCUT2D eigenvalue weighted by molar-refractivity contribution is 0.727. The van der Waals surface area contributed by atoms with Gasteiger partial charge in [0, 0.05) is 43.9 Å². The SMILES string of the molecule is CC.CC.CC.CC.CC.CC.CC.CC.CN1c2ccccc2C(c2ccccc2)(c2ccccc2)c2ccccc21.CN1c2ccccc2C2(c3ccccc3-c3ccccc32)c2ccccc21.Cc1nc2ccccc2n1C. The molecule has 81 heavy (non-hydrogen) atoms. The Bertz CT molecular complexity index is 3070. The van der Waals surface area contributed by atoms with Gasteiger partial charge < -0.3 is 14.4 Å². The van der Waals surface area contributed by atoms with E-state index in [1.165, 1.54) is 83.9 Å². The molecule has 10 aromatic rings. The fraction of sp³-hybridized carbons (Fsp3) is 0.286. The molecule has 4 heteroatoms. The molecular formula is C77H98N4. The predicted octanol–water partition coefficient (Wildman–Crippen LogP) is 22.4. The minimum absolute atomic E-state index is 0.257. The number of nitrogens with zero attached hydrogens (tertiary/aromatic N) is 4. The number of aromatic nitrogens is 2. The van der Waals surface area contributed by atoms with Crippen molar-refractivity contribution < 1.29 is 0 Å². The summed E-state index contributed by atoms with van der Waals surface area (Å²) in [5.74, 6) is 1.06. The van der Waals surface area contributed by atoms with Crippen LogP contribution in [-0.2, 0) is 17.9 Å². The molecule has 2 aliphatic heterocycles. The Labute approximate surface area is 492 Å². The summed E-state index contributed by atoms with van der Waals surface area (Å²) in [7, 11) is 6.37. The van der Waals surface area contributed by atoms with Gasteiger partial charge in [0.2, 0.25) is 0 Å². The molecule has 13 rings (SSSR count). The molecule has 0 saturated carbocycles. The van der Waals surface area contributed by atoms with Gasteiger partial charge in [-0.25, -0.2) is 4.98 Å². The zero-order valence-electron chi connectivity index (χ0n) is 53.2. The summed E-state index contributed by atoms with van der Waals surface area (Å²) in [6, 6.07) is 83.1. The first-order valence-electron chi connectivity index (χ1n) is 30.5. The second-order valence-electron chi connectivity index (χ2n) is 17.2. The highest BCUT2D eigenvalue weighted by Crippen LogP contribution is 2.62. The van der Waals surface area contributed by atoms with Crippen molar-refractivity contribution in [3.63, 3.8) is 0 Å². The summed E-state index contributed by atoms with van der Waals surface area (Å²) in [5, 5.41) is 0. The summed E-state index contributed by atoms with van der Waals surface area (Å²) in [4.78, 5) is 9.02. The topological polar surface area (TPSA) is 24.3 Å². The van der Waals surface area contributed by atoms with Crippen molar-refractivity contribution in [1.29, 1.82) is 0 Å². The van der Waals surface area contributed by atoms with Gasteiger partial charge in [0.15, 0.2) is 0 Å². The number of hydrogen-bond donors (Lipinski definition) is 0. The lowest BCUT2D eigenvalue weighted by Gasteiger charge is -2.45. The van der Waals surface area contributed by atoms with Crippen LogP contribution in [0.5, 0.6) is 0 Å². The number of rotatable bonds is 2. The molecule has 4 nitrogen and oxygen atoms in total. The van der Waals surface area contributed by atoms with Crippen LogP contribution in [0.25, 0.3) is 22.2 Å². The van der Waals surface area contributed by atoms with Gasteiger partial charge in [-0.1, -0.05) is 305 Å². The maximum Gasteiger partial charge on any atom is 0.106 e. The summed E-state index contributed by atoms with van der Waals surface area (Å²) >= 11 is 0. The molecule has 0 bridgehead atoms. The van der Waals surface area contributed by atoms with Gasteiger partial charge in [-0.05, 0) is 99.0 Å². The van der Waals surface area contributed by atoms with Gasteiger partial charge in [0.05, 0.1) is 21.9 Å². The van der Waals surface area contributed by atoms with Gasteiger partial charge in [0.25, 0.3) is 0 Å². The maximum atomic E-state index is 4.38. The third-order valence-corrected chi connectivity index (χ3v) is 14.1. The summed E-state index contributed by atoms with van der Waals surface area (Å²) in [6.07, 6.45) is 0. The third kappa shape index (κ3) is 13.0. The first kappa shape index (κ1) is 67.3. The Hall–Kier alpha value is -7.95. The van der Waals surface area contributed by atoms with Crippen LogP contribution >= 0.6 is 0 Å². The molecule has 0 amide bonds. The molecule has 0 radical (unpaired) electrons. The highest BCUT2D eigenvalue weighted by Gasteiger charge is 2.51. The molecule has 0 saturated heterocycles. The highest BCUT2D eigenvalue weighted by atomic mass is 15.1. The minimum Gasteiger partial charge on any atom is -0.344 e. The molecule has 9 aromatic carbocycles. The van der Waals surface area contributed by atoms with Crippen molar-refractivity contribution in [3.8, 4) is 11.1 Å². The second-order valence-corrected chi connectivity index (χ2v) is 17.2. The van der Waals surface area contributed by atoms with Crippen LogP contribution in [0.1, 0.15) is 161 Å². The third-order valence-electron chi connectivity index (χ3n) is 14.1. The van der Waals surface area contributed by atoms with E-state index in [1.54, 1.807) is 0 Å². The highest BCUT2D eigenvalue weighted by molar-refractivity contribution is 5.93. The van der Waals surface area contributed by atoms with Gasteiger partial charge in [-0.3, -0.25) is 0 Å². The monoisotopic (exact) mass is 1080 g/mol. The molecule has 3 aliphatic rings. The Morgan fingerprint density at radius 3 is 0.864 bits per heavy atom. The normalized spacial score (nSPS) is 11.9. The van der Waals surface area contributed by atoms with Crippen LogP contribution in [0.3, 0.4) is 0 Å². The summed E-state index contributed by atoms with van der Waals surface area (Å²) in [5.41, 5.74) is 20.2. The van der Waals surface area contributed by atoms with Crippen molar-refractivity contribution in [2.45, 2.75) is 129 Å². The average molecular weight is 1080 g/mol. The van der Waals surface area contributed by atoms with Crippen LogP contribution in [0.15, 0.2) is 231 Å². The fourth-order valence-electron chi connectivity index (χ4n) is 11.1. The van der Waals surface area contributed by atoms with E-state index in [0.29, 0.717) is 0 Å². The fourth-order valence-corrected chi connectivity index (χ4v) is 11.1. The van der Waals surface area contributed by atoms with E-state index >= 15 is 0 Å². The van der Waals surface area contributed by atoms with Crippen molar-refractivity contribution >= 4 is 33.8 Å². The first-order chi connectivity index (χ1) is 40.0. The molecule has 0 N–H and O–H groups in total. The largest absolute Gasteiger partial charge is 0.344 e. The standard InChI is InChI=1S/C26H19N.C26H21N.C9H10N2.8C2H6/c1-27-24-16-8-6-14-22(24)26(23-15-7-9-17-25(23)27)20-12-4-2-10-18(20)19-11-3-5-13-21(19)26;1-27-24-18-10-8-16-22(24)26(20-12-4-2-5-13-20,21-14-6-3-7-15-21)23-17-9-11-19-25(23)27;1-7-10-8-5-3-4-6-9(8)11(7)2;8*1-2/h2-17H,1H3;2-19H,1H3;3-6H,1-2H3;8*1-2H3. The Morgan fingerprint density at radius 2 is 0.531 bits per heavy atom. The zero-order chi connectivity index (χ0) is 60.1. The molecule has 0 atom stereocenters. The second kappa shape index (κ2) is 34.3. The number of imidazole rings is 1. The lowest BCUT2D eigenvalue weighted by Crippen LogP contribution is -2.37. The first-order valence-corrected chi connectivity index (χ1v) is 30.5. The predicted molar refractivity (Wildman–Crippen MR) is 361 cm³/mol. The van der Waals surface area contributed by atoms with Crippen molar-refractivity contribution in [3.05, 3.63) is 281 Å². The van der Waals surface area contributed by atoms with E-state index in [9.17, 15) is 0 Å². The number of benzene rings is 9. The molecule has 3 heterocycles. The van der Waals surface area contributed by atoms with E-state index in [0.717, 1.165) is 11.3 Å².